The Kier molecular flexibility index (Phi) is 5.45. The highest BCUT2D eigenvalue weighted by Crippen LogP contribution is 2.36. The number of benzene rings is 3. The van der Waals surface area contributed by atoms with E-state index >= 15 is 0 Å². The van der Waals surface area contributed by atoms with Crippen molar-refractivity contribution in [3.63, 3.8) is 0 Å². The smallest absolute Gasteiger partial charge is 0.291 e. The lowest BCUT2D eigenvalue weighted by atomic mass is 10.1. The van der Waals surface area contributed by atoms with E-state index in [2.05, 4.69) is 10.1 Å². The summed E-state index contributed by atoms with van der Waals surface area (Å²) < 4.78 is 25.5. The minimum atomic E-state index is -0.416. The number of amides is 1. The molecule has 5 aromatic rings. The van der Waals surface area contributed by atoms with Gasteiger partial charge in [0, 0.05) is 11.1 Å². The van der Waals surface area contributed by atoms with Gasteiger partial charge in [-0.2, -0.15) is 9.50 Å². The summed E-state index contributed by atoms with van der Waals surface area (Å²) in [5, 5.41) is 4.41. The number of anilines is 1. The van der Waals surface area contributed by atoms with Crippen molar-refractivity contribution in [2.75, 3.05) is 19.1 Å². The Balaban J connectivity index is 1.45. The third-order valence-corrected chi connectivity index (χ3v) is 7.23. The number of ether oxygens (including phenoxy) is 2. The lowest BCUT2D eigenvalue weighted by Crippen LogP contribution is -2.32. The average molecular weight is 515 g/mol. The monoisotopic (exact) mass is 514 g/mol. The van der Waals surface area contributed by atoms with Gasteiger partial charge < -0.3 is 14.4 Å². The van der Waals surface area contributed by atoms with Crippen LogP contribution in [-0.4, -0.2) is 34.7 Å². The van der Waals surface area contributed by atoms with Crippen LogP contribution in [0.25, 0.3) is 21.9 Å². The van der Waals surface area contributed by atoms with Crippen LogP contribution in [-0.2, 0) is 11.3 Å². The van der Waals surface area contributed by atoms with Gasteiger partial charge in [-0.15, -0.1) is 5.10 Å². The van der Waals surface area contributed by atoms with Gasteiger partial charge in [0.05, 0.1) is 32.0 Å². The van der Waals surface area contributed by atoms with Crippen molar-refractivity contribution in [3.8, 4) is 22.9 Å². The fourth-order valence-corrected chi connectivity index (χ4v) is 5.41. The number of hydrogen-bond acceptors (Lipinski definition) is 7. The van der Waals surface area contributed by atoms with Crippen LogP contribution in [0.1, 0.15) is 11.1 Å². The summed E-state index contributed by atoms with van der Waals surface area (Å²) in [5.41, 5.74) is 2.69. The van der Waals surface area contributed by atoms with Crippen LogP contribution in [0.15, 0.2) is 71.5 Å². The highest BCUT2D eigenvalue weighted by atomic mass is 32.1. The number of halogens is 1. The Labute approximate surface area is 213 Å². The zero-order chi connectivity index (χ0) is 25.7. The van der Waals surface area contributed by atoms with Gasteiger partial charge in [0.2, 0.25) is 4.96 Å². The van der Waals surface area contributed by atoms with E-state index < -0.39 is 5.56 Å². The zero-order valence-electron chi connectivity index (χ0n) is 19.8. The number of rotatable bonds is 5. The number of aromatic nitrogens is 3. The number of para-hydroxylation sites is 1. The molecule has 0 aliphatic carbocycles. The third kappa shape index (κ3) is 3.73. The van der Waals surface area contributed by atoms with Gasteiger partial charge in [0.1, 0.15) is 10.3 Å². The highest BCUT2D eigenvalue weighted by Gasteiger charge is 2.34. The van der Waals surface area contributed by atoms with Crippen molar-refractivity contribution in [1.82, 2.24) is 14.6 Å². The molecule has 1 aliphatic heterocycles. The number of thiazole rings is 1. The minimum absolute atomic E-state index is 0.248. The van der Waals surface area contributed by atoms with Crippen molar-refractivity contribution in [3.05, 3.63) is 98.6 Å². The van der Waals surface area contributed by atoms with Crippen molar-refractivity contribution in [2.45, 2.75) is 6.54 Å². The first-order chi connectivity index (χ1) is 18.0. The van der Waals surface area contributed by atoms with E-state index in [-0.39, 0.29) is 22.8 Å². The summed E-state index contributed by atoms with van der Waals surface area (Å²) in [6.07, 6.45) is 0. The lowest BCUT2D eigenvalue weighted by Gasteiger charge is -2.17. The summed E-state index contributed by atoms with van der Waals surface area (Å²) in [6.45, 7) is 0.248. The maximum Gasteiger partial charge on any atom is 0.291 e. The number of hydrogen-bond donors (Lipinski definition) is 0. The Morgan fingerprint density at radius 3 is 2.43 bits per heavy atom. The molecule has 0 saturated carbocycles. The first kappa shape index (κ1) is 22.9. The fourth-order valence-electron chi connectivity index (χ4n) is 4.41. The maximum absolute atomic E-state index is 13.6. The molecule has 0 atom stereocenters. The van der Waals surface area contributed by atoms with Crippen molar-refractivity contribution >= 4 is 33.5 Å². The Morgan fingerprint density at radius 1 is 0.946 bits per heavy atom. The SMILES string of the molecule is COc1ccc(-c2nc3s/c(=C4\C(=O)N(Cc5ccc(F)cc5)c5ccccc54)c(=O)n3n2)cc1OC. The molecule has 10 heteroatoms. The second-order valence-electron chi connectivity index (χ2n) is 8.35. The van der Waals surface area contributed by atoms with Crippen LogP contribution in [0.2, 0.25) is 0 Å². The Hall–Kier alpha value is -4.57. The molecule has 1 amide bonds. The van der Waals surface area contributed by atoms with Gasteiger partial charge in [-0.1, -0.05) is 41.7 Å². The quantitative estimate of drug-likeness (QED) is 0.357. The van der Waals surface area contributed by atoms with Crippen LogP contribution in [0.5, 0.6) is 11.5 Å². The van der Waals surface area contributed by atoms with Crippen LogP contribution in [0.4, 0.5) is 10.1 Å². The van der Waals surface area contributed by atoms with E-state index in [4.69, 9.17) is 9.47 Å². The predicted octanol–water partition coefficient (Wildman–Crippen LogP) is 3.44. The number of carbonyl (C=O) groups is 1. The molecular weight excluding hydrogens is 495 g/mol. The maximum atomic E-state index is 13.6. The van der Waals surface area contributed by atoms with Gasteiger partial charge in [-0.3, -0.25) is 9.59 Å². The predicted molar refractivity (Wildman–Crippen MR) is 137 cm³/mol. The van der Waals surface area contributed by atoms with E-state index in [0.29, 0.717) is 44.7 Å². The molecule has 0 unspecified atom stereocenters. The molecule has 1 aliphatic rings. The molecule has 3 aromatic carbocycles. The van der Waals surface area contributed by atoms with E-state index in [1.54, 1.807) is 42.3 Å². The van der Waals surface area contributed by atoms with Gasteiger partial charge >= 0.3 is 0 Å². The molecular formula is C27H19FN4O4S. The first-order valence-electron chi connectivity index (χ1n) is 11.3. The van der Waals surface area contributed by atoms with Crippen molar-refractivity contribution in [2.24, 2.45) is 0 Å². The van der Waals surface area contributed by atoms with E-state index in [1.165, 1.54) is 23.8 Å². The molecule has 184 valence electrons. The number of nitrogens with zero attached hydrogens (tertiary/aromatic N) is 4. The molecule has 0 N–H and O–H groups in total. The molecule has 0 fully saturated rings. The molecule has 3 heterocycles. The van der Waals surface area contributed by atoms with Gasteiger partial charge in [-0.25, -0.2) is 4.39 Å². The van der Waals surface area contributed by atoms with Gasteiger partial charge in [-0.05, 0) is 42.0 Å². The summed E-state index contributed by atoms with van der Waals surface area (Å²) >= 11 is 1.12. The van der Waals surface area contributed by atoms with E-state index in [1.807, 2.05) is 24.3 Å². The average Bonchev–Trinajstić information content (AvgIpc) is 3.55. The van der Waals surface area contributed by atoms with Gasteiger partial charge in [0.25, 0.3) is 11.5 Å². The summed E-state index contributed by atoms with van der Waals surface area (Å²) in [5.74, 6) is 0.802. The summed E-state index contributed by atoms with van der Waals surface area (Å²) in [7, 11) is 3.09. The molecule has 37 heavy (non-hydrogen) atoms. The molecule has 0 spiro atoms. The number of fused-ring (bicyclic) bond motifs is 2. The van der Waals surface area contributed by atoms with E-state index in [9.17, 15) is 14.0 Å². The van der Waals surface area contributed by atoms with Crippen LogP contribution in [0.3, 0.4) is 0 Å². The lowest BCUT2D eigenvalue weighted by molar-refractivity contribution is -0.113. The van der Waals surface area contributed by atoms with Crippen molar-refractivity contribution in [1.29, 1.82) is 0 Å². The highest BCUT2D eigenvalue weighted by molar-refractivity contribution is 7.15. The zero-order valence-corrected chi connectivity index (χ0v) is 20.6. The molecule has 6 rings (SSSR count). The Bertz CT molecular complexity index is 1800. The normalized spacial score (nSPS) is 14.4. The largest absolute Gasteiger partial charge is 0.493 e. The van der Waals surface area contributed by atoms with Crippen LogP contribution < -0.4 is 24.5 Å². The van der Waals surface area contributed by atoms with Crippen LogP contribution >= 0.6 is 11.3 Å². The minimum Gasteiger partial charge on any atom is -0.493 e. The number of methoxy groups -OCH3 is 2. The summed E-state index contributed by atoms with van der Waals surface area (Å²) in [4.78, 5) is 33.6. The topological polar surface area (TPSA) is 86.0 Å². The van der Waals surface area contributed by atoms with Gasteiger partial charge in [0.15, 0.2) is 17.3 Å². The van der Waals surface area contributed by atoms with Crippen LogP contribution in [0, 0.1) is 5.82 Å². The molecule has 2 aromatic heterocycles. The third-order valence-electron chi connectivity index (χ3n) is 6.20. The van der Waals surface area contributed by atoms with Crippen molar-refractivity contribution < 1.29 is 18.7 Å². The molecule has 0 bridgehead atoms. The first-order valence-corrected chi connectivity index (χ1v) is 12.1. The molecule has 8 nitrogen and oxygen atoms in total. The Morgan fingerprint density at radius 2 is 1.70 bits per heavy atom. The number of carbonyl (C=O) groups excluding carboxylic acids is 1. The molecule has 0 saturated heterocycles. The molecule has 0 radical (unpaired) electrons. The fraction of sp³-hybridized carbons (Fsp3) is 0.111. The second-order valence-corrected chi connectivity index (χ2v) is 9.32. The summed E-state index contributed by atoms with van der Waals surface area (Å²) in [6, 6.07) is 18.6. The second kappa shape index (κ2) is 8.82. The van der Waals surface area contributed by atoms with E-state index in [0.717, 1.165) is 16.9 Å². The standard InChI is InChI=1S/C27H19FN4O4S/c1-35-20-12-9-16(13-21(20)36-2)24-29-27-32(30-24)26(34)23(37-27)22-18-5-3-4-6-19(18)31(25(22)33)14-15-7-10-17(28)11-8-15/h3-13H,14H2,1-2H3/b23-22-.